The summed E-state index contributed by atoms with van der Waals surface area (Å²) >= 11 is 0. The van der Waals surface area contributed by atoms with Crippen LogP contribution in [0.2, 0.25) is 0 Å². The monoisotopic (exact) mass is 164 g/mol. The molecule has 0 saturated carbocycles. The Morgan fingerprint density at radius 2 is 2.58 bits per heavy atom. The van der Waals surface area contributed by atoms with Gasteiger partial charge in [-0.2, -0.15) is 0 Å². The Labute approximate surface area is 72.1 Å². The van der Waals surface area contributed by atoms with Gasteiger partial charge < -0.3 is 4.74 Å². The highest BCUT2D eigenvalue weighted by Gasteiger charge is 1.83. The van der Waals surface area contributed by atoms with Crippen LogP contribution in [0, 0.1) is 0 Å². The van der Waals surface area contributed by atoms with Crippen molar-refractivity contribution in [1.82, 2.24) is 4.98 Å². The second-order valence-electron chi connectivity index (χ2n) is 2.31. The van der Waals surface area contributed by atoms with Crippen LogP contribution in [0.25, 0.3) is 0 Å². The molecule has 0 unspecified atom stereocenters. The predicted molar refractivity (Wildman–Crippen MR) is 48.6 cm³/mol. The minimum absolute atomic E-state index is 0.663. The van der Waals surface area contributed by atoms with E-state index in [4.69, 9.17) is 4.74 Å². The van der Waals surface area contributed by atoms with E-state index in [0.717, 1.165) is 5.56 Å². The number of pyridine rings is 1. The number of aromatic nitrogens is 1. The van der Waals surface area contributed by atoms with Gasteiger partial charge >= 0.3 is 0 Å². The van der Waals surface area contributed by atoms with Crippen LogP contribution in [-0.4, -0.2) is 31.5 Å². The van der Waals surface area contributed by atoms with Crippen molar-refractivity contribution in [2.75, 3.05) is 20.3 Å². The number of hydrogen-bond donors (Lipinski definition) is 0. The van der Waals surface area contributed by atoms with Gasteiger partial charge in [0.2, 0.25) is 0 Å². The fourth-order valence-corrected chi connectivity index (χ4v) is 0.766. The molecule has 0 aromatic carbocycles. The molecule has 12 heavy (non-hydrogen) atoms. The van der Waals surface area contributed by atoms with Crippen molar-refractivity contribution in [2.45, 2.75) is 0 Å². The van der Waals surface area contributed by atoms with Crippen LogP contribution in [0.1, 0.15) is 5.56 Å². The van der Waals surface area contributed by atoms with E-state index in [2.05, 4.69) is 9.98 Å². The molecule has 1 rings (SSSR count). The Hall–Kier alpha value is -1.22. The minimum atomic E-state index is 0.663. The van der Waals surface area contributed by atoms with Crippen LogP contribution in [0.4, 0.5) is 0 Å². The molecule has 0 saturated heterocycles. The SMILES string of the molecule is COCCN=Cc1cccnc1. The van der Waals surface area contributed by atoms with E-state index < -0.39 is 0 Å². The van der Waals surface area contributed by atoms with Crippen LogP contribution >= 0.6 is 0 Å². The lowest BCUT2D eigenvalue weighted by Gasteiger charge is -1.92. The molecular formula is C9H12N2O. The topological polar surface area (TPSA) is 34.5 Å². The molecule has 0 aliphatic rings. The summed E-state index contributed by atoms with van der Waals surface area (Å²) in [7, 11) is 1.67. The normalized spacial score (nSPS) is 10.8. The lowest BCUT2D eigenvalue weighted by atomic mass is 10.3. The molecule has 64 valence electrons. The minimum Gasteiger partial charge on any atom is -0.383 e. The van der Waals surface area contributed by atoms with E-state index >= 15 is 0 Å². The fraction of sp³-hybridized carbons (Fsp3) is 0.333. The van der Waals surface area contributed by atoms with Crippen molar-refractivity contribution in [2.24, 2.45) is 4.99 Å². The number of aliphatic imine (C=N–C) groups is 1. The fourth-order valence-electron chi connectivity index (χ4n) is 0.766. The number of methoxy groups -OCH3 is 1. The highest BCUT2D eigenvalue weighted by atomic mass is 16.5. The maximum atomic E-state index is 4.85. The standard InChI is InChI=1S/C9H12N2O/c1-12-6-5-11-8-9-3-2-4-10-7-9/h2-4,7-8H,5-6H2,1H3. The van der Waals surface area contributed by atoms with Gasteiger partial charge in [0.25, 0.3) is 0 Å². The van der Waals surface area contributed by atoms with Gasteiger partial charge in [-0.15, -0.1) is 0 Å². The summed E-state index contributed by atoms with van der Waals surface area (Å²) in [6.07, 6.45) is 5.31. The number of ether oxygens (including phenoxy) is 1. The summed E-state index contributed by atoms with van der Waals surface area (Å²) in [6.45, 7) is 1.36. The Balaban J connectivity index is 2.36. The first kappa shape index (κ1) is 8.87. The average Bonchev–Trinajstić information content (AvgIpc) is 2.14. The van der Waals surface area contributed by atoms with Gasteiger partial charge in [-0.05, 0) is 6.07 Å². The van der Waals surface area contributed by atoms with E-state index in [9.17, 15) is 0 Å². The van der Waals surface area contributed by atoms with Crippen LogP contribution in [0.3, 0.4) is 0 Å². The largest absolute Gasteiger partial charge is 0.383 e. The van der Waals surface area contributed by atoms with Gasteiger partial charge in [-0.1, -0.05) is 6.07 Å². The molecule has 3 heteroatoms. The first-order valence-electron chi connectivity index (χ1n) is 3.82. The second kappa shape index (κ2) is 5.43. The molecule has 0 fully saturated rings. The molecule has 1 aromatic heterocycles. The van der Waals surface area contributed by atoms with E-state index in [1.807, 2.05) is 12.1 Å². The zero-order valence-electron chi connectivity index (χ0n) is 7.10. The van der Waals surface area contributed by atoms with E-state index in [-0.39, 0.29) is 0 Å². The van der Waals surface area contributed by atoms with Crippen LogP contribution in [0.5, 0.6) is 0 Å². The molecule has 0 atom stereocenters. The van der Waals surface area contributed by atoms with Gasteiger partial charge in [0.15, 0.2) is 0 Å². The third kappa shape index (κ3) is 3.25. The highest BCUT2D eigenvalue weighted by molar-refractivity contribution is 5.78. The quantitative estimate of drug-likeness (QED) is 0.494. The second-order valence-corrected chi connectivity index (χ2v) is 2.31. The molecule has 0 aliphatic heterocycles. The zero-order valence-corrected chi connectivity index (χ0v) is 7.10. The molecule has 0 amide bonds. The van der Waals surface area contributed by atoms with Crippen LogP contribution < -0.4 is 0 Å². The molecule has 0 radical (unpaired) electrons. The molecule has 1 aromatic rings. The lowest BCUT2D eigenvalue weighted by molar-refractivity contribution is 0.208. The zero-order chi connectivity index (χ0) is 8.65. The third-order valence-corrected chi connectivity index (χ3v) is 1.35. The van der Waals surface area contributed by atoms with Crippen molar-refractivity contribution < 1.29 is 4.74 Å². The van der Waals surface area contributed by atoms with Crippen LogP contribution in [0.15, 0.2) is 29.5 Å². The Morgan fingerprint density at radius 3 is 3.25 bits per heavy atom. The molecule has 0 bridgehead atoms. The maximum Gasteiger partial charge on any atom is 0.0658 e. The smallest absolute Gasteiger partial charge is 0.0658 e. The summed E-state index contributed by atoms with van der Waals surface area (Å²) in [5, 5.41) is 0. The molecule has 0 aliphatic carbocycles. The van der Waals surface area contributed by atoms with Gasteiger partial charge in [-0.3, -0.25) is 9.98 Å². The van der Waals surface area contributed by atoms with Crippen molar-refractivity contribution in [3.63, 3.8) is 0 Å². The summed E-state index contributed by atoms with van der Waals surface area (Å²) in [5.74, 6) is 0. The number of hydrogen-bond acceptors (Lipinski definition) is 3. The average molecular weight is 164 g/mol. The Bertz CT molecular complexity index is 234. The van der Waals surface area contributed by atoms with Crippen molar-refractivity contribution >= 4 is 6.21 Å². The van der Waals surface area contributed by atoms with Gasteiger partial charge in [0, 0.05) is 31.3 Å². The Morgan fingerprint density at radius 1 is 1.67 bits per heavy atom. The molecule has 0 N–H and O–H groups in total. The molecule has 0 spiro atoms. The van der Waals surface area contributed by atoms with Gasteiger partial charge in [0.05, 0.1) is 13.2 Å². The maximum absolute atomic E-state index is 4.85. The predicted octanol–water partition coefficient (Wildman–Crippen LogP) is 1.15. The first-order chi connectivity index (χ1) is 5.93. The van der Waals surface area contributed by atoms with E-state index in [1.54, 1.807) is 25.7 Å². The molecule has 3 nitrogen and oxygen atoms in total. The van der Waals surface area contributed by atoms with Gasteiger partial charge in [-0.25, -0.2) is 0 Å². The number of nitrogens with zero attached hydrogens (tertiary/aromatic N) is 2. The summed E-state index contributed by atoms with van der Waals surface area (Å²) in [6, 6.07) is 3.85. The van der Waals surface area contributed by atoms with E-state index in [0.29, 0.717) is 13.2 Å². The van der Waals surface area contributed by atoms with Crippen molar-refractivity contribution in [3.05, 3.63) is 30.1 Å². The summed E-state index contributed by atoms with van der Waals surface area (Å²) < 4.78 is 4.85. The summed E-state index contributed by atoms with van der Waals surface area (Å²) in [5.41, 5.74) is 1.02. The third-order valence-electron chi connectivity index (χ3n) is 1.35. The Kier molecular flexibility index (Phi) is 4.02. The van der Waals surface area contributed by atoms with Gasteiger partial charge in [0.1, 0.15) is 0 Å². The van der Waals surface area contributed by atoms with Crippen molar-refractivity contribution in [1.29, 1.82) is 0 Å². The first-order valence-corrected chi connectivity index (χ1v) is 3.82. The highest BCUT2D eigenvalue weighted by Crippen LogP contribution is 1.90. The van der Waals surface area contributed by atoms with E-state index in [1.165, 1.54) is 0 Å². The lowest BCUT2D eigenvalue weighted by Crippen LogP contribution is -1.93. The number of rotatable bonds is 4. The van der Waals surface area contributed by atoms with Crippen LogP contribution in [-0.2, 0) is 4.74 Å². The molecule has 1 heterocycles. The van der Waals surface area contributed by atoms with Crippen molar-refractivity contribution in [3.8, 4) is 0 Å². The molecular weight excluding hydrogens is 152 g/mol. The summed E-state index contributed by atoms with van der Waals surface area (Å²) in [4.78, 5) is 8.10.